The van der Waals surface area contributed by atoms with Gasteiger partial charge in [0.05, 0.1) is 5.69 Å². The summed E-state index contributed by atoms with van der Waals surface area (Å²) in [5, 5.41) is 0. The molecular formula is C15H14FN3. The Morgan fingerprint density at radius 3 is 2.74 bits per heavy atom. The van der Waals surface area contributed by atoms with Gasteiger partial charge in [-0.05, 0) is 37.6 Å². The topological polar surface area (TPSA) is 43.3 Å². The highest BCUT2D eigenvalue weighted by atomic mass is 19.1. The fourth-order valence-electron chi connectivity index (χ4n) is 2.36. The van der Waals surface area contributed by atoms with Crippen LogP contribution in [0.4, 0.5) is 10.1 Å². The summed E-state index contributed by atoms with van der Waals surface area (Å²) in [6.45, 7) is 3.92. The summed E-state index contributed by atoms with van der Waals surface area (Å²) in [5.74, 6) is -0.259. The molecule has 0 amide bonds. The van der Waals surface area contributed by atoms with Crippen molar-refractivity contribution >= 4 is 11.3 Å². The first-order chi connectivity index (χ1) is 9.06. The van der Waals surface area contributed by atoms with Crippen LogP contribution in [0.1, 0.15) is 11.3 Å². The van der Waals surface area contributed by atoms with Crippen molar-refractivity contribution < 1.29 is 4.39 Å². The Balaban J connectivity index is 2.31. The molecule has 0 aliphatic rings. The standard InChI is InChI=1S/C15H14FN3/c1-9-6-13(17)8-19-10(2)14(18-15(9)19)11-4-3-5-12(16)7-11/h3-8H,17H2,1-2H3. The van der Waals surface area contributed by atoms with Crippen LogP contribution >= 0.6 is 0 Å². The molecule has 4 heteroatoms. The van der Waals surface area contributed by atoms with Gasteiger partial charge in [0.1, 0.15) is 11.5 Å². The second kappa shape index (κ2) is 4.09. The average molecular weight is 255 g/mol. The molecule has 0 saturated heterocycles. The van der Waals surface area contributed by atoms with Gasteiger partial charge in [-0.15, -0.1) is 0 Å². The zero-order valence-electron chi connectivity index (χ0n) is 10.8. The number of aryl methyl sites for hydroxylation is 2. The fraction of sp³-hybridized carbons (Fsp3) is 0.133. The maximum atomic E-state index is 13.3. The summed E-state index contributed by atoms with van der Waals surface area (Å²) >= 11 is 0. The van der Waals surface area contributed by atoms with E-state index in [-0.39, 0.29) is 5.82 Å². The van der Waals surface area contributed by atoms with Crippen molar-refractivity contribution in [2.24, 2.45) is 0 Å². The summed E-state index contributed by atoms with van der Waals surface area (Å²) in [6.07, 6.45) is 1.84. The van der Waals surface area contributed by atoms with Crippen molar-refractivity contribution in [1.29, 1.82) is 0 Å². The molecule has 3 nitrogen and oxygen atoms in total. The molecule has 0 spiro atoms. The quantitative estimate of drug-likeness (QED) is 0.724. The number of anilines is 1. The number of hydrogen-bond acceptors (Lipinski definition) is 2. The third-order valence-corrected chi connectivity index (χ3v) is 3.26. The van der Waals surface area contributed by atoms with Crippen molar-refractivity contribution in [3.05, 3.63) is 53.6 Å². The van der Waals surface area contributed by atoms with Gasteiger partial charge in [0.15, 0.2) is 0 Å². The summed E-state index contributed by atoms with van der Waals surface area (Å²) in [7, 11) is 0. The van der Waals surface area contributed by atoms with E-state index < -0.39 is 0 Å². The Morgan fingerprint density at radius 2 is 2.00 bits per heavy atom. The highest BCUT2D eigenvalue weighted by Crippen LogP contribution is 2.26. The number of hydrogen-bond donors (Lipinski definition) is 1. The fourth-order valence-corrected chi connectivity index (χ4v) is 2.36. The van der Waals surface area contributed by atoms with E-state index in [1.165, 1.54) is 12.1 Å². The molecule has 3 rings (SSSR count). The largest absolute Gasteiger partial charge is 0.398 e. The zero-order chi connectivity index (χ0) is 13.6. The number of benzene rings is 1. The Morgan fingerprint density at radius 1 is 1.21 bits per heavy atom. The van der Waals surface area contributed by atoms with Crippen LogP contribution in [-0.2, 0) is 0 Å². The predicted octanol–water partition coefficient (Wildman–Crippen LogP) is 3.34. The number of nitrogen functional groups attached to an aromatic ring is 1. The van der Waals surface area contributed by atoms with Crippen molar-refractivity contribution in [2.45, 2.75) is 13.8 Å². The van der Waals surface area contributed by atoms with Gasteiger partial charge < -0.3 is 10.1 Å². The van der Waals surface area contributed by atoms with E-state index in [9.17, 15) is 4.39 Å². The molecular weight excluding hydrogens is 241 g/mol. The molecule has 2 heterocycles. The molecule has 1 aromatic carbocycles. The minimum atomic E-state index is -0.259. The lowest BCUT2D eigenvalue weighted by Gasteiger charge is -2.02. The molecule has 2 aromatic heterocycles. The lowest BCUT2D eigenvalue weighted by molar-refractivity contribution is 0.628. The van der Waals surface area contributed by atoms with Gasteiger partial charge in [0.25, 0.3) is 0 Å². The Kier molecular flexibility index (Phi) is 2.52. The second-order valence-electron chi connectivity index (χ2n) is 4.71. The van der Waals surface area contributed by atoms with Gasteiger partial charge in [-0.25, -0.2) is 9.37 Å². The van der Waals surface area contributed by atoms with Crippen LogP contribution in [0.25, 0.3) is 16.9 Å². The number of halogens is 1. The monoisotopic (exact) mass is 255 g/mol. The maximum absolute atomic E-state index is 13.3. The van der Waals surface area contributed by atoms with E-state index in [4.69, 9.17) is 5.73 Å². The molecule has 96 valence electrons. The molecule has 0 bridgehead atoms. The van der Waals surface area contributed by atoms with Crippen molar-refractivity contribution in [3.63, 3.8) is 0 Å². The van der Waals surface area contributed by atoms with Crippen LogP contribution in [0.15, 0.2) is 36.5 Å². The Labute approximate surface area is 110 Å². The van der Waals surface area contributed by atoms with Crippen LogP contribution < -0.4 is 5.73 Å². The van der Waals surface area contributed by atoms with E-state index in [1.807, 2.05) is 36.6 Å². The maximum Gasteiger partial charge on any atom is 0.140 e. The molecule has 0 saturated carbocycles. The summed E-state index contributed by atoms with van der Waals surface area (Å²) < 4.78 is 15.3. The molecule has 19 heavy (non-hydrogen) atoms. The van der Waals surface area contributed by atoms with Gasteiger partial charge in [0, 0.05) is 23.1 Å². The summed E-state index contributed by atoms with van der Waals surface area (Å²) in [5.41, 5.74) is 10.9. The lowest BCUT2D eigenvalue weighted by Crippen LogP contribution is -1.94. The summed E-state index contributed by atoms with van der Waals surface area (Å²) in [4.78, 5) is 4.60. The highest BCUT2D eigenvalue weighted by molar-refractivity contribution is 5.69. The van der Waals surface area contributed by atoms with E-state index >= 15 is 0 Å². The molecule has 0 radical (unpaired) electrons. The number of fused-ring (bicyclic) bond motifs is 1. The van der Waals surface area contributed by atoms with Crippen LogP contribution in [0, 0.1) is 19.7 Å². The predicted molar refractivity (Wildman–Crippen MR) is 74.5 cm³/mol. The number of rotatable bonds is 1. The number of pyridine rings is 1. The van der Waals surface area contributed by atoms with Gasteiger partial charge in [-0.1, -0.05) is 12.1 Å². The molecule has 0 atom stereocenters. The average Bonchev–Trinajstić information content (AvgIpc) is 2.68. The molecule has 0 aliphatic heterocycles. The normalized spacial score (nSPS) is 11.1. The van der Waals surface area contributed by atoms with Gasteiger partial charge in [0.2, 0.25) is 0 Å². The SMILES string of the molecule is Cc1cc(N)cn2c(C)c(-c3cccc(F)c3)nc12. The smallest absolute Gasteiger partial charge is 0.140 e. The van der Waals surface area contributed by atoms with Gasteiger partial charge in [-0.3, -0.25) is 0 Å². The van der Waals surface area contributed by atoms with Crippen molar-refractivity contribution in [2.75, 3.05) is 5.73 Å². The van der Waals surface area contributed by atoms with Gasteiger partial charge >= 0.3 is 0 Å². The molecule has 0 unspecified atom stereocenters. The first-order valence-corrected chi connectivity index (χ1v) is 6.07. The second-order valence-corrected chi connectivity index (χ2v) is 4.71. The van der Waals surface area contributed by atoms with Crippen molar-refractivity contribution in [3.8, 4) is 11.3 Å². The van der Waals surface area contributed by atoms with Crippen LogP contribution in [0.2, 0.25) is 0 Å². The molecule has 0 aliphatic carbocycles. The lowest BCUT2D eigenvalue weighted by atomic mass is 10.1. The number of aromatic nitrogens is 2. The van der Waals surface area contributed by atoms with Gasteiger partial charge in [-0.2, -0.15) is 0 Å². The molecule has 3 aromatic rings. The Bertz CT molecular complexity index is 774. The molecule has 2 N–H and O–H groups in total. The highest BCUT2D eigenvalue weighted by Gasteiger charge is 2.12. The third kappa shape index (κ3) is 1.85. The van der Waals surface area contributed by atoms with Crippen LogP contribution in [0.5, 0.6) is 0 Å². The first-order valence-electron chi connectivity index (χ1n) is 6.07. The molecule has 0 fully saturated rings. The minimum absolute atomic E-state index is 0.259. The number of imidazole rings is 1. The van der Waals surface area contributed by atoms with Crippen LogP contribution in [0.3, 0.4) is 0 Å². The first kappa shape index (κ1) is 11.7. The minimum Gasteiger partial charge on any atom is -0.398 e. The van der Waals surface area contributed by atoms with E-state index in [1.54, 1.807) is 6.07 Å². The van der Waals surface area contributed by atoms with E-state index in [0.717, 1.165) is 28.2 Å². The summed E-state index contributed by atoms with van der Waals surface area (Å²) in [6, 6.07) is 8.36. The van der Waals surface area contributed by atoms with Crippen molar-refractivity contribution in [1.82, 2.24) is 9.38 Å². The van der Waals surface area contributed by atoms with Crippen LogP contribution in [-0.4, -0.2) is 9.38 Å². The Hall–Kier alpha value is -2.36. The van der Waals surface area contributed by atoms with E-state index in [0.29, 0.717) is 5.69 Å². The number of nitrogens with two attached hydrogens (primary N) is 1. The third-order valence-electron chi connectivity index (χ3n) is 3.26. The zero-order valence-corrected chi connectivity index (χ0v) is 10.8. The van der Waals surface area contributed by atoms with E-state index in [2.05, 4.69) is 4.98 Å². The number of nitrogens with zero attached hydrogens (tertiary/aromatic N) is 2.